The van der Waals surface area contributed by atoms with E-state index in [0.29, 0.717) is 6.54 Å². The molecule has 0 radical (unpaired) electrons. The van der Waals surface area contributed by atoms with Crippen LogP contribution in [0.1, 0.15) is 30.7 Å². The van der Waals surface area contributed by atoms with E-state index in [1.54, 1.807) is 17.5 Å². The Bertz CT molecular complexity index is 1060. The molecule has 3 rings (SSSR count). The minimum absolute atomic E-state index is 0.588. The highest BCUT2D eigenvalue weighted by atomic mass is 32.1. The fraction of sp³-hybridized carbons (Fsp3) is 0.227. The number of aryl methyl sites for hydroxylation is 2. The molecule has 0 bridgehead atoms. The van der Waals surface area contributed by atoms with Crippen molar-refractivity contribution in [2.24, 2.45) is 10.1 Å². The maximum absolute atomic E-state index is 4.85. The van der Waals surface area contributed by atoms with Gasteiger partial charge in [-0.25, -0.2) is 4.68 Å². The highest BCUT2D eigenvalue weighted by Gasteiger charge is 2.10. The van der Waals surface area contributed by atoms with E-state index in [1.165, 1.54) is 11.1 Å². The van der Waals surface area contributed by atoms with Gasteiger partial charge in [-0.3, -0.25) is 9.98 Å². The Kier molecular flexibility index (Phi) is 5.81. The molecule has 4 nitrogen and oxygen atoms in total. The second-order valence-corrected chi connectivity index (χ2v) is 7.52. The van der Waals surface area contributed by atoms with E-state index >= 15 is 0 Å². The molecule has 1 aromatic carbocycles. The van der Waals surface area contributed by atoms with E-state index in [0.717, 1.165) is 33.0 Å². The Morgan fingerprint density at radius 3 is 2.63 bits per heavy atom. The van der Waals surface area contributed by atoms with Crippen LogP contribution in [0.15, 0.2) is 70.2 Å². The van der Waals surface area contributed by atoms with E-state index < -0.39 is 0 Å². The third-order valence-electron chi connectivity index (χ3n) is 4.26. The maximum Gasteiger partial charge on any atom is 0.206 e. The molecule has 0 unspecified atom stereocenters. The fourth-order valence-electron chi connectivity index (χ4n) is 2.58. The van der Waals surface area contributed by atoms with Gasteiger partial charge >= 0.3 is 0 Å². The molecule has 0 spiro atoms. The summed E-state index contributed by atoms with van der Waals surface area (Å²) in [6, 6.07) is 12.3. The van der Waals surface area contributed by atoms with Crippen LogP contribution in [-0.4, -0.2) is 21.9 Å². The molecule has 0 N–H and O–H groups in total. The largest absolute Gasteiger partial charge is 0.255 e. The van der Waals surface area contributed by atoms with Gasteiger partial charge in [-0.15, -0.1) is 11.3 Å². The van der Waals surface area contributed by atoms with E-state index in [1.807, 2.05) is 36.7 Å². The molecule has 0 aliphatic carbocycles. The molecule has 2 heterocycles. The van der Waals surface area contributed by atoms with Crippen molar-refractivity contribution in [1.82, 2.24) is 9.66 Å². The summed E-state index contributed by atoms with van der Waals surface area (Å²) in [5.74, 6) is 0. The van der Waals surface area contributed by atoms with Crippen LogP contribution in [0.4, 0.5) is 0 Å². The monoisotopic (exact) mass is 376 g/mol. The third kappa shape index (κ3) is 4.49. The number of thiazole rings is 1. The second-order valence-electron chi connectivity index (χ2n) is 6.69. The molecule has 0 saturated carbocycles. The summed E-state index contributed by atoms with van der Waals surface area (Å²) in [7, 11) is 0. The first-order chi connectivity index (χ1) is 13.0. The third-order valence-corrected chi connectivity index (χ3v) is 5.11. The van der Waals surface area contributed by atoms with Crippen molar-refractivity contribution in [1.29, 1.82) is 0 Å². The number of aromatic nitrogens is 2. The second kappa shape index (κ2) is 8.27. The van der Waals surface area contributed by atoms with Crippen molar-refractivity contribution < 1.29 is 0 Å². The van der Waals surface area contributed by atoms with Crippen molar-refractivity contribution in [3.05, 3.63) is 81.7 Å². The van der Waals surface area contributed by atoms with Gasteiger partial charge in [0.15, 0.2) is 0 Å². The van der Waals surface area contributed by atoms with Gasteiger partial charge in [0.1, 0.15) is 0 Å². The van der Waals surface area contributed by atoms with Gasteiger partial charge in [0, 0.05) is 17.1 Å². The van der Waals surface area contributed by atoms with Crippen LogP contribution in [0.25, 0.3) is 11.3 Å². The van der Waals surface area contributed by atoms with E-state index in [2.05, 4.69) is 49.0 Å². The highest BCUT2D eigenvalue weighted by Crippen LogP contribution is 2.23. The van der Waals surface area contributed by atoms with Crippen LogP contribution < -0.4 is 4.80 Å². The molecule has 3 aromatic rings. The highest BCUT2D eigenvalue weighted by molar-refractivity contribution is 7.07. The smallest absolute Gasteiger partial charge is 0.206 e. The zero-order valence-electron chi connectivity index (χ0n) is 16.2. The van der Waals surface area contributed by atoms with Crippen LogP contribution in [0.5, 0.6) is 0 Å². The fourth-order valence-corrected chi connectivity index (χ4v) is 3.42. The van der Waals surface area contributed by atoms with E-state index in [-0.39, 0.29) is 0 Å². The zero-order chi connectivity index (χ0) is 19.4. The van der Waals surface area contributed by atoms with Crippen molar-refractivity contribution in [3.63, 3.8) is 0 Å². The normalized spacial score (nSPS) is 12.4. The van der Waals surface area contributed by atoms with Gasteiger partial charge in [-0.05, 0) is 57.0 Å². The van der Waals surface area contributed by atoms with Gasteiger partial charge in [0.25, 0.3) is 0 Å². The Morgan fingerprint density at radius 2 is 1.96 bits per heavy atom. The maximum atomic E-state index is 4.85. The van der Waals surface area contributed by atoms with Crippen molar-refractivity contribution in [2.45, 2.75) is 27.7 Å². The Labute approximate surface area is 164 Å². The van der Waals surface area contributed by atoms with Crippen molar-refractivity contribution in [3.8, 4) is 11.3 Å². The Morgan fingerprint density at radius 1 is 1.15 bits per heavy atom. The first-order valence-corrected chi connectivity index (χ1v) is 9.73. The van der Waals surface area contributed by atoms with Crippen LogP contribution in [0.3, 0.4) is 0 Å². The molecule has 2 aromatic heterocycles. The number of pyridine rings is 1. The predicted molar refractivity (Wildman–Crippen MR) is 114 cm³/mol. The molecular weight excluding hydrogens is 352 g/mol. The lowest BCUT2D eigenvalue weighted by Crippen LogP contribution is -2.15. The summed E-state index contributed by atoms with van der Waals surface area (Å²) in [6.07, 6.45) is 1.78. The molecule has 0 aliphatic heterocycles. The zero-order valence-corrected chi connectivity index (χ0v) is 17.0. The summed E-state index contributed by atoms with van der Waals surface area (Å²) in [6.45, 7) is 12.7. The number of benzene rings is 1. The molecule has 138 valence electrons. The molecule has 0 saturated heterocycles. The van der Waals surface area contributed by atoms with Gasteiger partial charge in [0.2, 0.25) is 4.80 Å². The van der Waals surface area contributed by atoms with Gasteiger partial charge in [0.05, 0.1) is 23.6 Å². The van der Waals surface area contributed by atoms with Crippen molar-refractivity contribution in [2.75, 3.05) is 6.54 Å². The Balaban J connectivity index is 2.16. The number of hydrogen-bond donors (Lipinski definition) is 0. The minimum Gasteiger partial charge on any atom is -0.255 e. The quantitative estimate of drug-likeness (QED) is 0.457. The number of nitrogens with zero attached hydrogens (tertiary/aromatic N) is 4. The van der Waals surface area contributed by atoms with Crippen LogP contribution in [0, 0.1) is 13.8 Å². The molecule has 0 aliphatic rings. The molecule has 0 amide bonds. The molecule has 0 fully saturated rings. The topological polar surface area (TPSA) is 42.5 Å². The average molecular weight is 377 g/mol. The van der Waals surface area contributed by atoms with Crippen LogP contribution >= 0.6 is 11.3 Å². The first-order valence-electron chi connectivity index (χ1n) is 8.85. The van der Waals surface area contributed by atoms with Gasteiger partial charge < -0.3 is 0 Å². The molecule has 5 heteroatoms. The van der Waals surface area contributed by atoms with E-state index in [4.69, 9.17) is 10.1 Å². The number of rotatable bonds is 5. The summed E-state index contributed by atoms with van der Waals surface area (Å²) in [4.78, 5) is 9.95. The Hall–Kier alpha value is -2.79. The van der Waals surface area contributed by atoms with Gasteiger partial charge in [-0.2, -0.15) is 5.10 Å². The molecule has 0 atom stereocenters. The first kappa shape index (κ1) is 19.0. The minimum atomic E-state index is 0.588. The van der Waals surface area contributed by atoms with Crippen LogP contribution in [0.2, 0.25) is 0 Å². The summed E-state index contributed by atoms with van der Waals surface area (Å²) < 4.78 is 1.92. The average Bonchev–Trinajstić information content (AvgIpc) is 3.05. The lowest BCUT2D eigenvalue weighted by atomic mass is 10.1. The lowest BCUT2D eigenvalue weighted by molar-refractivity contribution is 0.829. The standard InChI is InChI=1S/C22H24N4S/c1-15(2)13-24-22-26(25-18(5)20-8-6-7-11-23-20)21(14-27-22)19-10-9-16(3)17(4)12-19/h6-12,14H,1,13H2,2-5H3. The van der Waals surface area contributed by atoms with Gasteiger partial charge in [-0.1, -0.05) is 30.4 Å². The predicted octanol–water partition coefficient (Wildman–Crippen LogP) is 4.98. The summed E-state index contributed by atoms with van der Waals surface area (Å²) in [5, 5.41) is 6.96. The summed E-state index contributed by atoms with van der Waals surface area (Å²) >= 11 is 1.59. The van der Waals surface area contributed by atoms with Crippen molar-refractivity contribution >= 4 is 17.0 Å². The number of hydrogen-bond acceptors (Lipinski definition) is 4. The molecule has 27 heavy (non-hydrogen) atoms. The molecular formula is C22H24N4S. The SMILES string of the molecule is C=C(C)CN=c1scc(-c2ccc(C)c(C)c2)n1N=C(C)c1ccccn1. The van der Waals surface area contributed by atoms with Crippen LogP contribution in [-0.2, 0) is 0 Å². The van der Waals surface area contributed by atoms with E-state index in [9.17, 15) is 0 Å². The summed E-state index contributed by atoms with van der Waals surface area (Å²) in [5.41, 5.74) is 7.41. The lowest BCUT2D eigenvalue weighted by Gasteiger charge is -2.08.